The van der Waals surface area contributed by atoms with E-state index in [1.165, 1.54) is 16.7 Å². The number of amides is 1. The predicted octanol–water partition coefficient (Wildman–Crippen LogP) is 4.13. The van der Waals surface area contributed by atoms with Gasteiger partial charge in [-0.25, -0.2) is 0 Å². The van der Waals surface area contributed by atoms with Gasteiger partial charge in [0, 0.05) is 12.1 Å². The number of hydrogen-bond acceptors (Lipinski definition) is 1. The summed E-state index contributed by atoms with van der Waals surface area (Å²) < 4.78 is 0. The minimum absolute atomic E-state index is 0.0684. The highest BCUT2D eigenvalue weighted by Crippen LogP contribution is 2.12. The van der Waals surface area contributed by atoms with Gasteiger partial charge in [-0.05, 0) is 43.0 Å². The fourth-order valence-corrected chi connectivity index (χ4v) is 2.11. The molecule has 0 radical (unpaired) electrons. The minimum atomic E-state index is 0.0684. The van der Waals surface area contributed by atoms with Crippen molar-refractivity contribution in [3.05, 3.63) is 65.2 Å². The van der Waals surface area contributed by atoms with E-state index >= 15 is 0 Å². The van der Waals surface area contributed by atoms with E-state index in [4.69, 9.17) is 0 Å². The van der Waals surface area contributed by atoms with Gasteiger partial charge >= 0.3 is 0 Å². The van der Waals surface area contributed by atoms with Crippen LogP contribution in [0.15, 0.2) is 48.5 Å². The van der Waals surface area contributed by atoms with Crippen molar-refractivity contribution in [3.8, 4) is 0 Å². The molecule has 1 N–H and O–H groups in total. The third-order valence-electron chi connectivity index (χ3n) is 3.38. The van der Waals surface area contributed by atoms with Gasteiger partial charge in [0.2, 0.25) is 5.91 Å². The second-order valence-electron chi connectivity index (χ2n) is 5.09. The lowest BCUT2D eigenvalue weighted by molar-refractivity contribution is -0.116. The molecule has 2 aromatic rings. The maximum atomic E-state index is 11.9. The zero-order chi connectivity index (χ0) is 14.4. The van der Waals surface area contributed by atoms with Crippen LogP contribution in [0.4, 0.5) is 5.69 Å². The van der Waals surface area contributed by atoms with Crippen LogP contribution in [-0.4, -0.2) is 5.91 Å². The number of carbonyl (C=O) groups excluding carboxylic acids is 1. The van der Waals surface area contributed by atoms with Gasteiger partial charge in [0.25, 0.3) is 0 Å². The molecule has 0 saturated carbocycles. The van der Waals surface area contributed by atoms with E-state index in [-0.39, 0.29) is 5.91 Å². The Bertz CT molecular complexity index is 572. The van der Waals surface area contributed by atoms with Gasteiger partial charge in [0.1, 0.15) is 0 Å². The van der Waals surface area contributed by atoms with Gasteiger partial charge in [0.05, 0.1) is 0 Å². The summed E-state index contributed by atoms with van der Waals surface area (Å²) in [4.78, 5) is 11.9. The number of anilines is 1. The standard InChI is InChI=1S/C18H21NO/c1-3-15-5-4-6-17(13-15)19-18(20)12-11-16-9-7-14(2)8-10-16/h4-10,13H,3,11-12H2,1-2H3,(H,19,20). The topological polar surface area (TPSA) is 29.1 Å². The van der Waals surface area contributed by atoms with Crippen LogP contribution in [0, 0.1) is 6.92 Å². The zero-order valence-corrected chi connectivity index (χ0v) is 12.1. The second-order valence-corrected chi connectivity index (χ2v) is 5.09. The van der Waals surface area contributed by atoms with Crippen molar-refractivity contribution in [2.45, 2.75) is 33.1 Å². The molecule has 104 valence electrons. The number of aryl methyl sites for hydroxylation is 3. The van der Waals surface area contributed by atoms with Gasteiger partial charge in [-0.1, -0.05) is 48.9 Å². The molecule has 0 aliphatic carbocycles. The molecule has 0 aliphatic rings. The zero-order valence-electron chi connectivity index (χ0n) is 12.1. The van der Waals surface area contributed by atoms with Gasteiger partial charge in [-0.15, -0.1) is 0 Å². The lowest BCUT2D eigenvalue weighted by atomic mass is 10.1. The Labute approximate surface area is 120 Å². The van der Waals surface area contributed by atoms with Crippen LogP contribution in [0.5, 0.6) is 0 Å². The van der Waals surface area contributed by atoms with Crippen molar-refractivity contribution in [2.75, 3.05) is 5.32 Å². The molecule has 2 rings (SSSR count). The smallest absolute Gasteiger partial charge is 0.224 e. The summed E-state index contributed by atoms with van der Waals surface area (Å²) in [5, 5.41) is 2.96. The highest BCUT2D eigenvalue weighted by molar-refractivity contribution is 5.90. The van der Waals surface area contributed by atoms with E-state index in [9.17, 15) is 4.79 Å². The van der Waals surface area contributed by atoms with E-state index < -0.39 is 0 Å². The molecule has 0 bridgehead atoms. The molecule has 0 atom stereocenters. The number of benzene rings is 2. The van der Waals surface area contributed by atoms with Crippen molar-refractivity contribution in [1.82, 2.24) is 0 Å². The lowest BCUT2D eigenvalue weighted by Crippen LogP contribution is -2.12. The van der Waals surface area contributed by atoms with Crippen LogP contribution < -0.4 is 5.32 Å². The van der Waals surface area contributed by atoms with Gasteiger partial charge in [0.15, 0.2) is 0 Å². The highest BCUT2D eigenvalue weighted by Gasteiger charge is 2.03. The van der Waals surface area contributed by atoms with Crippen molar-refractivity contribution >= 4 is 11.6 Å². The van der Waals surface area contributed by atoms with Crippen LogP contribution in [0.2, 0.25) is 0 Å². The molecule has 0 unspecified atom stereocenters. The molecule has 0 spiro atoms. The summed E-state index contributed by atoms with van der Waals surface area (Å²) in [5.74, 6) is 0.0684. The predicted molar refractivity (Wildman–Crippen MR) is 83.9 cm³/mol. The molecule has 2 nitrogen and oxygen atoms in total. The van der Waals surface area contributed by atoms with Gasteiger partial charge < -0.3 is 5.32 Å². The summed E-state index contributed by atoms with van der Waals surface area (Å²) in [5.41, 5.74) is 4.57. The molecule has 20 heavy (non-hydrogen) atoms. The van der Waals surface area contributed by atoms with Gasteiger partial charge in [-0.2, -0.15) is 0 Å². The first-order valence-electron chi connectivity index (χ1n) is 7.11. The number of hydrogen-bond donors (Lipinski definition) is 1. The number of rotatable bonds is 5. The lowest BCUT2D eigenvalue weighted by Gasteiger charge is -2.07. The van der Waals surface area contributed by atoms with Crippen LogP contribution in [0.1, 0.15) is 30.0 Å². The van der Waals surface area contributed by atoms with E-state index in [1.807, 2.05) is 18.2 Å². The molecular formula is C18H21NO. The Kier molecular flexibility index (Phi) is 4.94. The van der Waals surface area contributed by atoms with Crippen molar-refractivity contribution in [1.29, 1.82) is 0 Å². The summed E-state index contributed by atoms with van der Waals surface area (Å²) in [6.45, 7) is 4.18. The summed E-state index contributed by atoms with van der Waals surface area (Å²) in [6, 6.07) is 16.3. The Balaban J connectivity index is 1.87. The fourth-order valence-electron chi connectivity index (χ4n) is 2.11. The summed E-state index contributed by atoms with van der Waals surface area (Å²) in [7, 11) is 0. The van der Waals surface area contributed by atoms with Crippen molar-refractivity contribution in [3.63, 3.8) is 0 Å². The maximum absolute atomic E-state index is 11.9. The van der Waals surface area contributed by atoms with E-state index in [1.54, 1.807) is 0 Å². The van der Waals surface area contributed by atoms with Crippen LogP contribution in [0.3, 0.4) is 0 Å². The van der Waals surface area contributed by atoms with Gasteiger partial charge in [-0.3, -0.25) is 4.79 Å². The maximum Gasteiger partial charge on any atom is 0.224 e. The third-order valence-corrected chi connectivity index (χ3v) is 3.38. The first kappa shape index (κ1) is 14.3. The first-order chi connectivity index (χ1) is 9.67. The molecule has 2 aromatic carbocycles. The van der Waals surface area contributed by atoms with E-state index in [0.29, 0.717) is 6.42 Å². The van der Waals surface area contributed by atoms with Crippen LogP contribution in [0.25, 0.3) is 0 Å². The largest absolute Gasteiger partial charge is 0.326 e. The molecule has 1 amide bonds. The highest BCUT2D eigenvalue weighted by atomic mass is 16.1. The Morgan fingerprint density at radius 2 is 1.80 bits per heavy atom. The molecule has 0 fully saturated rings. The van der Waals surface area contributed by atoms with Crippen LogP contribution >= 0.6 is 0 Å². The number of nitrogens with one attached hydrogen (secondary N) is 1. The normalized spacial score (nSPS) is 10.3. The monoisotopic (exact) mass is 267 g/mol. The molecule has 0 saturated heterocycles. The number of carbonyl (C=O) groups is 1. The molecule has 2 heteroatoms. The van der Waals surface area contributed by atoms with Crippen molar-refractivity contribution in [2.24, 2.45) is 0 Å². The molecule has 0 aromatic heterocycles. The minimum Gasteiger partial charge on any atom is -0.326 e. The fraction of sp³-hybridized carbons (Fsp3) is 0.278. The molecule has 0 heterocycles. The van der Waals surface area contributed by atoms with E-state index in [2.05, 4.69) is 49.5 Å². The Morgan fingerprint density at radius 1 is 1.05 bits per heavy atom. The summed E-state index contributed by atoms with van der Waals surface area (Å²) in [6.07, 6.45) is 2.27. The van der Waals surface area contributed by atoms with E-state index in [0.717, 1.165) is 18.5 Å². The average Bonchev–Trinajstić information content (AvgIpc) is 2.47. The second kappa shape index (κ2) is 6.90. The van der Waals surface area contributed by atoms with Crippen LogP contribution in [-0.2, 0) is 17.6 Å². The molecular weight excluding hydrogens is 246 g/mol. The Morgan fingerprint density at radius 3 is 2.50 bits per heavy atom. The molecule has 0 aliphatic heterocycles. The summed E-state index contributed by atoms with van der Waals surface area (Å²) >= 11 is 0. The van der Waals surface area contributed by atoms with Crippen molar-refractivity contribution < 1.29 is 4.79 Å². The quantitative estimate of drug-likeness (QED) is 0.867. The average molecular weight is 267 g/mol. The third kappa shape index (κ3) is 4.23. The SMILES string of the molecule is CCc1cccc(NC(=O)CCc2ccc(C)cc2)c1. The Hall–Kier alpha value is -2.09. The first-order valence-corrected chi connectivity index (χ1v) is 7.11.